The average molecular weight is 763 g/mol. The molecule has 6 heteroatoms. The molecule has 12 aromatic rings. The average Bonchev–Trinajstić information content (AvgIpc) is 3.96. The van der Waals surface area contributed by atoms with Crippen molar-refractivity contribution in [2.75, 3.05) is 0 Å². The van der Waals surface area contributed by atoms with Crippen molar-refractivity contribution in [3.63, 3.8) is 0 Å². The number of hydrogen-bond acceptors (Lipinski definition) is 5. The second-order valence-corrected chi connectivity index (χ2v) is 16.5. The van der Waals surface area contributed by atoms with Gasteiger partial charge in [0.15, 0.2) is 17.5 Å². The molecule has 0 fully saturated rings. The fourth-order valence-corrected chi connectivity index (χ4v) is 10.7. The summed E-state index contributed by atoms with van der Waals surface area (Å²) in [7, 11) is 0. The summed E-state index contributed by atoms with van der Waals surface area (Å²) in [5.41, 5.74) is 8.46. The normalized spacial score (nSPS) is 11.9. The topological polar surface area (TPSA) is 43.6 Å². The van der Waals surface area contributed by atoms with Gasteiger partial charge in [-0.15, -0.1) is 22.7 Å². The van der Waals surface area contributed by atoms with E-state index in [9.17, 15) is 0 Å². The Labute approximate surface area is 335 Å². The Morgan fingerprint density at radius 1 is 0.333 bits per heavy atom. The van der Waals surface area contributed by atoms with Crippen molar-refractivity contribution < 1.29 is 0 Å². The van der Waals surface area contributed by atoms with Gasteiger partial charge in [0.25, 0.3) is 0 Å². The fourth-order valence-electron chi connectivity index (χ4n) is 8.38. The molecular formula is C51H30N4S2. The molecule has 0 atom stereocenters. The van der Waals surface area contributed by atoms with Gasteiger partial charge in [-0.1, -0.05) is 133 Å². The Bertz CT molecular complexity index is 3470. The predicted molar refractivity (Wildman–Crippen MR) is 242 cm³/mol. The molecule has 0 aliphatic heterocycles. The third-order valence-electron chi connectivity index (χ3n) is 11.0. The van der Waals surface area contributed by atoms with E-state index in [0.29, 0.717) is 17.5 Å². The van der Waals surface area contributed by atoms with Crippen LogP contribution in [0.1, 0.15) is 0 Å². The second kappa shape index (κ2) is 12.8. The van der Waals surface area contributed by atoms with Crippen LogP contribution in [0, 0.1) is 0 Å². The highest BCUT2D eigenvalue weighted by atomic mass is 32.1. The summed E-state index contributed by atoms with van der Waals surface area (Å²) in [6.45, 7) is 0. The number of fused-ring (bicyclic) bond motifs is 10. The van der Waals surface area contributed by atoms with E-state index in [2.05, 4.69) is 150 Å². The molecule has 0 aliphatic carbocycles. The third-order valence-corrected chi connectivity index (χ3v) is 13.4. The van der Waals surface area contributed by atoms with Gasteiger partial charge in [-0.3, -0.25) is 0 Å². The van der Waals surface area contributed by atoms with Crippen molar-refractivity contribution in [1.29, 1.82) is 0 Å². The third kappa shape index (κ3) is 5.22. The first-order chi connectivity index (χ1) is 28.2. The minimum absolute atomic E-state index is 0.626. The molecule has 4 nitrogen and oxygen atoms in total. The number of rotatable bonds is 5. The zero-order chi connectivity index (χ0) is 37.5. The quantitative estimate of drug-likeness (QED) is 0.175. The van der Waals surface area contributed by atoms with Gasteiger partial charge in [0.1, 0.15) is 0 Å². The van der Waals surface area contributed by atoms with Crippen LogP contribution in [0.3, 0.4) is 0 Å². The van der Waals surface area contributed by atoms with E-state index in [1.165, 1.54) is 56.6 Å². The van der Waals surface area contributed by atoms with E-state index < -0.39 is 0 Å². The summed E-state index contributed by atoms with van der Waals surface area (Å²) in [5, 5.41) is 7.57. The lowest BCUT2D eigenvalue weighted by Gasteiger charge is -2.15. The Morgan fingerprint density at radius 2 is 0.877 bits per heavy atom. The van der Waals surface area contributed by atoms with E-state index in [4.69, 9.17) is 15.0 Å². The number of aromatic nitrogens is 4. The van der Waals surface area contributed by atoms with Crippen molar-refractivity contribution in [2.24, 2.45) is 0 Å². The van der Waals surface area contributed by atoms with Crippen molar-refractivity contribution in [2.45, 2.75) is 0 Å². The van der Waals surface area contributed by atoms with E-state index in [1.807, 2.05) is 59.1 Å². The van der Waals surface area contributed by atoms with Gasteiger partial charge in [0.05, 0.1) is 15.7 Å². The van der Waals surface area contributed by atoms with Crippen LogP contribution in [0.15, 0.2) is 182 Å². The van der Waals surface area contributed by atoms with Gasteiger partial charge in [0.2, 0.25) is 0 Å². The van der Waals surface area contributed by atoms with E-state index >= 15 is 0 Å². The smallest absolute Gasteiger partial charge is 0.164 e. The lowest BCUT2D eigenvalue weighted by atomic mass is 9.99. The molecule has 0 spiro atoms. The highest BCUT2D eigenvalue weighted by Crippen LogP contribution is 2.44. The molecule has 0 saturated carbocycles. The molecule has 0 amide bonds. The van der Waals surface area contributed by atoms with E-state index in [-0.39, 0.29) is 0 Å². The number of nitrogens with zero attached hydrogens (tertiary/aromatic N) is 4. The maximum atomic E-state index is 5.21. The molecule has 8 aromatic carbocycles. The molecule has 4 aromatic heterocycles. The minimum Gasteiger partial charge on any atom is -0.308 e. The SMILES string of the molecule is c1ccc(-c2nc(-c3ccccc3)nc(-c3cc(-c4ccc5sc6ccccc6c5c4)cc(-n4c5ccccc5c5ccc6c7ccccc7sc6c54)c3)n2)cc1. The number of thiophene rings is 2. The summed E-state index contributed by atoms with van der Waals surface area (Å²) in [6.07, 6.45) is 0. The standard InChI is InChI=1S/C51H30N4S2/c1-3-13-31(14-4-1)49-52-50(32-15-5-2-6-16-32)54-51(53-49)35-27-34(33-23-26-46-42(30-33)39-19-9-11-21-44(39)56-46)28-36(29-35)55-43-20-10-7-17-37(43)40-24-25-41-38-18-8-12-22-45(38)57-48(41)47(40)55/h1-30H. The number of para-hydroxylation sites is 1. The largest absolute Gasteiger partial charge is 0.308 e. The van der Waals surface area contributed by atoms with E-state index in [1.54, 1.807) is 0 Å². The molecule has 0 N–H and O–H groups in total. The molecule has 266 valence electrons. The summed E-state index contributed by atoms with van der Waals surface area (Å²) in [5.74, 6) is 1.91. The van der Waals surface area contributed by atoms with Crippen LogP contribution in [-0.2, 0) is 0 Å². The molecule has 57 heavy (non-hydrogen) atoms. The summed E-state index contributed by atoms with van der Waals surface area (Å²) in [6, 6.07) is 65.0. The molecule has 0 radical (unpaired) electrons. The van der Waals surface area contributed by atoms with Crippen LogP contribution in [0.25, 0.3) is 113 Å². The van der Waals surface area contributed by atoms with Crippen LogP contribution in [0.4, 0.5) is 0 Å². The van der Waals surface area contributed by atoms with Gasteiger partial charge in [-0.25, -0.2) is 15.0 Å². The number of hydrogen-bond donors (Lipinski definition) is 0. The lowest BCUT2D eigenvalue weighted by molar-refractivity contribution is 1.07. The summed E-state index contributed by atoms with van der Waals surface area (Å²) in [4.78, 5) is 15.5. The molecule has 0 unspecified atom stereocenters. The lowest BCUT2D eigenvalue weighted by Crippen LogP contribution is -2.01. The maximum Gasteiger partial charge on any atom is 0.164 e. The molecule has 12 rings (SSSR count). The van der Waals surface area contributed by atoms with Crippen molar-refractivity contribution in [3.8, 4) is 51.0 Å². The predicted octanol–water partition coefficient (Wildman–Crippen LogP) is 14.4. The van der Waals surface area contributed by atoms with Crippen LogP contribution in [0.5, 0.6) is 0 Å². The van der Waals surface area contributed by atoms with Gasteiger partial charge in [0, 0.05) is 68.8 Å². The van der Waals surface area contributed by atoms with Crippen molar-refractivity contribution in [1.82, 2.24) is 19.5 Å². The molecule has 4 heterocycles. The van der Waals surface area contributed by atoms with Crippen molar-refractivity contribution >= 4 is 84.8 Å². The van der Waals surface area contributed by atoms with Gasteiger partial charge < -0.3 is 4.57 Å². The Kier molecular flexibility index (Phi) is 7.24. The van der Waals surface area contributed by atoms with Crippen LogP contribution < -0.4 is 0 Å². The first-order valence-electron chi connectivity index (χ1n) is 19.0. The van der Waals surface area contributed by atoms with Crippen LogP contribution >= 0.6 is 22.7 Å². The highest BCUT2D eigenvalue weighted by molar-refractivity contribution is 7.26. The minimum atomic E-state index is 0.626. The molecular weight excluding hydrogens is 733 g/mol. The Balaban J connectivity index is 1.18. The Hall–Kier alpha value is -6.99. The summed E-state index contributed by atoms with van der Waals surface area (Å²) < 4.78 is 7.60. The Morgan fingerprint density at radius 3 is 1.60 bits per heavy atom. The molecule has 0 saturated heterocycles. The van der Waals surface area contributed by atoms with Crippen LogP contribution in [-0.4, -0.2) is 19.5 Å². The summed E-state index contributed by atoms with van der Waals surface area (Å²) >= 11 is 3.71. The fraction of sp³-hybridized carbons (Fsp3) is 0. The second-order valence-electron chi connectivity index (χ2n) is 14.4. The number of benzene rings is 8. The monoisotopic (exact) mass is 762 g/mol. The first kappa shape index (κ1) is 32.3. The van der Waals surface area contributed by atoms with Gasteiger partial charge >= 0.3 is 0 Å². The maximum absolute atomic E-state index is 5.21. The van der Waals surface area contributed by atoms with Gasteiger partial charge in [-0.05, 0) is 59.7 Å². The zero-order valence-corrected chi connectivity index (χ0v) is 32.1. The molecule has 0 aliphatic rings. The highest BCUT2D eigenvalue weighted by Gasteiger charge is 2.21. The first-order valence-corrected chi connectivity index (χ1v) is 20.6. The zero-order valence-electron chi connectivity index (χ0n) is 30.4. The van der Waals surface area contributed by atoms with E-state index in [0.717, 1.165) is 39.0 Å². The van der Waals surface area contributed by atoms with Crippen LogP contribution in [0.2, 0.25) is 0 Å². The van der Waals surface area contributed by atoms with Crippen molar-refractivity contribution in [3.05, 3.63) is 182 Å². The molecule has 0 bridgehead atoms. The van der Waals surface area contributed by atoms with Gasteiger partial charge in [-0.2, -0.15) is 0 Å².